The first kappa shape index (κ1) is 14.1. The number of aliphatic hydroxyl groups excluding tert-OH is 1. The topological polar surface area (TPSA) is 79.8 Å². The molecular weight excluding hydrogens is 260 g/mol. The fourth-order valence-corrected chi connectivity index (χ4v) is 2.03. The van der Waals surface area contributed by atoms with Gasteiger partial charge in [0.25, 0.3) is 5.69 Å². The maximum Gasteiger partial charge on any atom is 0.292 e. The van der Waals surface area contributed by atoms with Crippen molar-refractivity contribution in [2.75, 3.05) is 11.9 Å². The van der Waals surface area contributed by atoms with Crippen molar-refractivity contribution in [2.45, 2.75) is 20.1 Å². The van der Waals surface area contributed by atoms with E-state index in [0.29, 0.717) is 17.8 Å². The number of anilines is 1. The summed E-state index contributed by atoms with van der Waals surface area (Å²) in [5, 5.41) is 20.2. The Morgan fingerprint density at radius 1 is 1.35 bits per heavy atom. The summed E-state index contributed by atoms with van der Waals surface area (Å²) in [5.74, 6) is 1.55. The second-order valence-electron chi connectivity index (χ2n) is 4.61. The Hall–Kier alpha value is -2.34. The molecule has 0 aliphatic carbocycles. The normalized spacial score (nSPS) is 10.6. The second-order valence-corrected chi connectivity index (χ2v) is 4.61. The standard InChI is InChI=1S/C14H16N2O4/c1-10-3-5-12(20-10)8-15(2)13-6-4-11(9-17)7-14(13)16(18)19/h3-7,17H,8-9H2,1-2H3. The first-order valence-electron chi connectivity index (χ1n) is 6.16. The largest absolute Gasteiger partial charge is 0.464 e. The molecule has 0 aliphatic heterocycles. The van der Waals surface area contributed by atoms with Crippen molar-refractivity contribution in [1.82, 2.24) is 0 Å². The minimum absolute atomic E-state index is 0.0256. The van der Waals surface area contributed by atoms with E-state index in [1.807, 2.05) is 19.1 Å². The van der Waals surface area contributed by atoms with Crippen LogP contribution in [-0.2, 0) is 13.2 Å². The van der Waals surface area contributed by atoms with E-state index in [0.717, 1.165) is 11.5 Å². The van der Waals surface area contributed by atoms with Gasteiger partial charge in [0.1, 0.15) is 17.2 Å². The fourth-order valence-electron chi connectivity index (χ4n) is 2.03. The lowest BCUT2D eigenvalue weighted by atomic mass is 10.1. The highest BCUT2D eigenvalue weighted by molar-refractivity contribution is 5.64. The average molecular weight is 276 g/mol. The van der Waals surface area contributed by atoms with Crippen LogP contribution < -0.4 is 4.90 Å². The molecule has 1 aromatic carbocycles. The molecule has 2 aromatic rings. The van der Waals surface area contributed by atoms with Gasteiger partial charge in [-0.15, -0.1) is 0 Å². The molecule has 2 rings (SSSR count). The number of hydrogen-bond donors (Lipinski definition) is 1. The van der Waals surface area contributed by atoms with Gasteiger partial charge < -0.3 is 14.4 Å². The van der Waals surface area contributed by atoms with Gasteiger partial charge in [-0.2, -0.15) is 0 Å². The van der Waals surface area contributed by atoms with Crippen LogP contribution in [0.4, 0.5) is 11.4 Å². The molecule has 0 spiro atoms. The molecule has 6 heteroatoms. The molecule has 1 heterocycles. The highest BCUT2D eigenvalue weighted by atomic mass is 16.6. The van der Waals surface area contributed by atoms with E-state index in [9.17, 15) is 10.1 Å². The number of aryl methyl sites for hydroxylation is 1. The Kier molecular flexibility index (Phi) is 4.05. The number of benzene rings is 1. The number of nitrogens with zero attached hydrogens (tertiary/aromatic N) is 2. The number of nitro groups is 1. The average Bonchev–Trinajstić information content (AvgIpc) is 2.83. The van der Waals surface area contributed by atoms with Crippen LogP contribution in [0.2, 0.25) is 0 Å². The molecular formula is C14H16N2O4. The summed E-state index contributed by atoms with van der Waals surface area (Å²) in [6, 6.07) is 8.40. The monoisotopic (exact) mass is 276 g/mol. The summed E-state index contributed by atoms with van der Waals surface area (Å²) < 4.78 is 5.47. The molecule has 0 bridgehead atoms. The van der Waals surface area contributed by atoms with E-state index in [4.69, 9.17) is 9.52 Å². The second kappa shape index (κ2) is 5.75. The Labute approximate surface area is 116 Å². The van der Waals surface area contributed by atoms with E-state index < -0.39 is 4.92 Å². The van der Waals surface area contributed by atoms with Crippen molar-refractivity contribution in [1.29, 1.82) is 0 Å². The first-order valence-corrected chi connectivity index (χ1v) is 6.16. The molecule has 20 heavy (non-hydrogen) atoms. The molecule has 0 fully saturated rings. The lowest BCUT2D eigenvalue weighted by Crippen LogP contribution is -2.17. The molecule has 0 radical (unpaired) electrons. The van der Waals surface area contributed by atoms with Crippen LogP contribution in [0.25, 0.3) is 0 Å². The van der Waals surface area contributed by atoms with Crippen molar-refractivity contribution < 1.29 is 14.4 Å². The maximum atomic E-state index is 11.1. The minimum Gasteiger partial charge on any atom is -0.464 e. The molecule has 6 nitrogen and oxygen atoms in total. The van der Waals surface area contributed by atoms with Crippen LogP contribution in [-0.4, -0.2) is 17.1 Å². The third-order valence-electron chi connectivity index (χ3n) is 3.02. The molecule has 0 atom stereocenters. The molecule has 106 valence electrons. The van der Waals surface area contributed by atoms with Crippen LogP contribution in [0.1, 0.15) is 17.1 Å². The van der Waals surface area contributed by atoms with Gasteiger partial charge in [-0.25, -0.2) is 0 Å². The summed E-state index contributed by atoms with van der Waals surface area (Å²) in [5.41, 5.74) is 0.978. The fraction of sp³-hybridized carbons (Fsp3) is 0.286. The third-order valence-corrected chi connectivity index (χ3v) is 3.02. The predicted octanol–water partition coefficient (Wildman–Crippen LogP) is 2.62. The molecule has 1 N–H and O–H groups in total. The van der Waals surface area contributed by atoms with Gasteiger partial charge in [-0.05, 0) is 30.7 Å². The van der Waals surface area contributed by atoms with Crippen molar-refractivity contribution in [3.05, 3.63) is 57.5 Å². The van der Waals surface area contributed by atoms with Gasteiger partial charge in [-0.3, -0.25) is 10.1 Å². The quantitative estimate of drug-likeness (QED) is 0.670. The van der Waals surface area contributed by atoms with Crippen LogP contribution in [0.15, 0.2) is 34.7 Å². The summed E-state index contributed by atoms with van der Waals surface area (Å²) >= 11 is 0. The van der Waals surface area contributed by atoms with Crippen molar-refractivity contribution in [3.8, 4) is 0 Å². The summed E-state index contributed by atoms with van der Waals surface area (Å²) in [7, 11) is 1.76. The molecule has 0 saturated carbocycles. The molecule has 1 aromatic heterocycles. The van der Waals surface area contributed by atoms with Gasteiger partial charge in [0, 0.05) is 13.1 Å². The van der Waals surface area contributed by atoms with E-state index in [1.54, 1.807) is 24.1 Å². The van der Waals surface area contributed by atoms with Crippen molar-refractivity contribution >= 4 is 11.4 Å². The predicted molar refractivity (Wildman–Crippen MR) is 74.6 cm³/mol. The Balaban J connectivity index is 2.28. The van der Waals surface area contributed by atoms with E-state index in [1.165, 1.54) is 6.07 Å². The number of nitro benzene ring substituents is 1. The zero-order valence-corrected chi connectivity index (χ0v) is 11.4. The highest BCUT2D eigenvalue weighted by Crippen LogP contribution is 2.29. The van der Waals surface area contributed by atoms with E-state index in [-0.39, 0.29) is 12.3 Å². The number of aliphatic hydroxyl groups is 1. The summed E-state index contributed by atoms with van der Waals surface area (Å²) in [4.78, 5) is 12.4. The van der Waals surface area contributed by atoms with E-state index >= 15 is 0 Å². The lowest BCUT2D eigenvalue weighted by molar-refractivity contribution is -0.384. The van der Waals surface area contributed by atoms with Gasteiger partial charge >= 0.3 is 0 Å². The van der Waals surface area contributed by atoms with Gasteiger partial charge in [-0.1, -0.05) is 6.07 Å². The molecule has 0 aliphatic rings. The van der Waals surface area contributed by atoms with Crippen molar-refractivity contribution in [3.63, 3.8) is 0 Å². The Morgan fingerprint density at radius 3 is 2.65 bits per heavy atom. The molecule has 0 amide bonds. The number of hydrogen-bond acceptors (Lipinski definition) is 5. The first-order chi connectivity index (χ1) is 9.51. The number of rotatable bonds is 5. The van der Waals surface area contributed by atoms with Gasteiger partial charge in [0.15, 0.2) is 0 Å². The van der Waals surface area contributed by atoms with Gasteiger partial charge in [0.2, 0.25) is 0 Å². The third kappa shape index (κ3) is 2.97. The Bertz CT molecular complexity index is 621. The van der Waals surface area contributed by atoms with E-state index in [2.05, 4.69) is 0 Å². The van der Waals surface area contributed by atoms with Crippen LogP contribution in [0.5, 0.6) is 0 Å². The Morgan fingerprint density at radius 2 is 2.10 bits per heavy atom. The zero-order valence-electron chi connectivity index (χ0n) is 11.4. The van der Waals surface area contributed by atoms with Gasteiger partial charge in [0.05, 0.1) is 18.1 Å². The molecule has 0 saturated heterocycles. The van der Waals surface area contributed by atoms with Crippen LogP contribution in [0.3, 0.4) is 0 Å². The van der Waals surface area contributed by atoms with Crippen LogP contribution >= 0.6 is 0 Å². The highest BCUT2D eigenvalue weighted by Gasteiger charge is 2.18. The smallest absolute Gasteiger partial charge is 0.292 e. The molecule has 0 unspecified atom stereocenters. The number of furan rings is 1. The minimum atomic E-state index is -0.446. The lowest BCUT2D eigenvalue weighted by Gasteiger charge is -2.18. The summed E-state index contributed by atoms with van der Waals surface area (Å²) in [6.45, 7) is 2.07. The summed E-state index contributed by atoms with van der Waals surface area (Å²) in [6.07, 6.45) is 0. The van der Waals surface area contributed by atoms with Crippen molar-refractivity contribution in [2.24, 2.45) is 0 Å². The maximum absolute atomic E-state index is 11.1. The van der Waals surface area contributed by atoms with Crippen LogP contribution in [0, 0.1) is 17.0 Å². The SMILES string of the molecule is Cc1ccc(CN(C)c2ccc(CO)cc2[N+](=O)[O-])o1. The zero-order chi connectivity index (χ0) is 14.7.